The van der Waals surface area contributed by atoms with E-state index >= 15 is 0 Å². The largest absolute Gasteiger partial charge is 0.345 e. The van der Waals surface area contributed by atoms with Crippen LogP contribution in [-0.2, 0) is 4.57 Å². The number of hydrogen-bond acceptors (Lipinski definition) is 2. The first-order chi connectivity index (χ1) is 7.27. The van der Waals surface area contributed by atoms with Crippen LogP contribution >= 0.6 is 7.60 Å². The highest BCUT2D eigenvalue weighted by Crippen LogP contribution is 2.51. The Balaban J connectivity index is 4.32. The topological polar surface area (TPSA) is 60.8 Å². The van der Waals surface area contributed by atoms with Crippen LogP contribution in [0.4, 0.5) is 0 Å². The summed E-state index contributed by atoms with van der Waals surface area (Å²) in [6.45, 7) is 8.77. The van der Waals surface area contributed by atoms with Gasteiger partial charge in [-0.25, -0.2) is 0 Å². The maximum Gasteiger partial charge on any atom is 0.345 e. The van der Waals surface area contributed by atoms with Crippen LogP contribution in [0.2, 0.25) is 0 Å². The molecule has 0 aromatic carbocycles. The van der Waals surface area contributed by atoms with Crippen molar-refractivity contribution < 1.29 is 14.4 Å². The zero-order valence-corrected chi connectivity index (χ0v) is 11.8. The van der Waals surface area contributed by atoms with E-state index in [1.807, 2.05) is 11.8 Å². The van der Waals surface area contributed by atoms with Crippen LogP contribution in [0.3, 0.4) is 0 Å². The molecule has 0 saturated heterocycles. The molecule has 4 nitrogen and oxygen atoms in total. The predicted octanol–water partition coefficient (Wildman–Crippen LogP) is 2.80. The normalized spacial score (nSPS) is 13.4. The third-order valence-electron chi connectivity index (χ3n) is 3.15. The molecular formula is C11H26NO3P. The molecular weight excluding hydrogens is 225 g/mol. The molecule has 0 unspecified atom stereocenters. The van der Waals surface area contributed by atoms with E-state index in [1.54, 1.807) is 13.8 Å². The van der Waals surface area contributed by atoms with Gasteiger partial charge in [0.25, 0.3) is 0 Å². The van der Waals surface area contributed by atoms with Crippen molar-refractivity contribution in [1.29, 1.82) is 0 Å². The van der Waals surface area contributed by atoms with E-state index < -0.39 is 12.9 Å². The molecule has 0 atom stereocenters. The molecule has 0 radical (unpaired) electrons. The second-order valence-electron chi connectivity index (χ2n) is 4.68. The highest BCUT2D eigenvalue weighted by molar-refractivity contribution is 7.53. The van der Waals surface area contributed by atoms with Crippen molar-refractivity contribution in [2.75, 3.05) is 13.1 Å². The lowest BCUT2D eigenvalue weighted by Gasteiger charge is -2.38. The summed E-state index contributed by atoms with van der Waals surface area (Å²) in [7, 11) is -4.07. The van der Waals surface area contributed by atoms with Crippen molar-refractivity contribution in [1.82, 2.24) is 4.90 Å². The van der Waals surface area contributed by atoms with E-state index in [2.05, 4.69) is 6.92 Å². The van der Waals surface area contributed by atoms with Crippen LogP contribution < -0.4 is 0 Å². The summed E-state index contributed by atoms with van der Waals surface area (Å²) < 4.78 is 11.4. The Labute approximate surface area is 99.2 Å². The number of unbranched alkanes of at least 4 members (excludes halogenated alkanes) is 3. The molecule has 2 N–H and O–H groups in total. The van der Waals surface area contributed by atoms with Crippen LogP contribution in [0.15, 0.2) is 0 Å². The highest BCUT2D eigenvalue weighted by Gasteiger charge is 2.41. The molecule has 0 bridgehead atoms. The fourth-order valence-electron chi connectivity index (χ4n) is 1.73. The number of rotatable bonds is 8. The molecule has 16 heavy (non-hydrogen) atoms. The van der Waals surface area contributed by atoms with Crippen molar-refractivity contribution in [3.05, 3.63) is 0 Å². The molecule has 0 saturated carbocycles. The Hall–Kier alpha value is 0.110. The molecule has 0 spiro atoms. The minimum atomic E-state index is -4.07. The van der Waals surface area contributed by atoms with Gasteiger partial charge in [-0.2, -0.15) is 0 Å². The maximum absolute atomic E-state index is 11.4. The van der Waals surface area contributed by atoms with Gasteiger partial charge in [-0.05, 0) is 33.4 Å². The zero-order chi connectivity index (χ0) is 12.8. The van der Waals surface area contributed by atoms with Gasteiger partial charge in [0.1, 0.15) is 5.28 Å². The van der Waals surface area contributed by atoms with E-state index in [0.29, 0.717) is 6.54 Å². The van der Waals surface area contributed by atoms with E-state index in [4.69, 9.17) is 0 Å². The van der Waals surface area contributed by atoms with Gasteiger partial charge in [-0.3, -0.25) is 9.46 Å². The number of hydrogen-bond donors (Lipinski definition) is 2. The Morgan fingerprint density at radius 3 is 2.06 bits per heavy atom. The minimum Gasteiger partial charge on any atom is -0.323 e. The maximum atomic E-state index is 11.4. The zero-order valence-electron chi connectivity index (χ0n) is 10.9. The molecule has 0 heterocycles. The first kappa shape index (κ1) is 16.1. The van der Waals surface area contributed by atoms with Gasteiger partial charge in [0.05, 0.1) is 0 Å². The third-order valence-corrected chi connectivity index (χ3v) is 4.86. The number of nitrogens with zero attached hydrogens (tertiary/aromatic N) is 1. The average Bonchev–Trinajstić information content (AvgIpc) is 2.16. The third kappa shape index (κ3) is 4.54. The summed E-state index contributed by atoms with van der Waals surface area (Å²) >= 11 is 0. The Morgan fingerprint density at radius 1 is 1.12 bits per heavy atom. The lowest BCUT2D eigenvalue weighted by atomic mass is 10.2. The summed E-state index contributed by atoms with van der Waals surface area (Å²) in [4.78, 5) is 20.5. The molecule has 0 aliphatic heterocycles. The minimum absolute atomic E-state index is 0.671. The molecule has 0 fully saturated rings. The van der Waals surface area contributed by atoms with Crippen molar-refractivity contribution in [2.24, 2.45) is 0 Å². The van der Waals surface area contributed by atoms with Gasteiger partial charge in [0.15, 0.2) is 0 Å². The quantitative estimate of drug-likeness (QED) is 0.514. The van der Waals surface area contributed by atoms with Crippen LogP contribution in [0.1, 0.15) is 53.4 Å². The van der Waals surface area contributed by atoms with Crippen LogP contribution in [-0.4, -0.2) is 33.1 Å². The van der Waals surface area contributed by atoms with Crippen LogP contribution in [0.25, 0.3) is 0 Å². The molecule has 5 heteroatoms. The Kier molecular flexibility index (Phi) is 6.80. The van der Waals surface area contributed by atoms with E-state index in [0.717, 1.165) is 19.4 Å². The fourth-order valence-corrected chi connectivity index (χ4v) is 2.34. The molecule has 0 amide bonds. The molecule has 0 aliphatic rings. The Bertz CT molecular complexity index is 237. The molecule has 0 rings (SSSR count). The molecule has 0 aromatic rings. The van der Waals surface area contributed by atoms with E-state index in [-0.39, 0.29) is 0 Å². The van der Waals surface area contributed by atoms with Crippen molar-refractivity contribution in [2.45, 2.75) is 58.7 Å². The van der Waals surface area contributed by atoms with Gasteiger partial charge < -0.3 is 9.79 Å². The second kappa shape index (κ2) is 6.75. The molecule has 98 valence electrons. The SMILES string of the molecule is CCCCCCN(CC)C(C)(C)P(=O)(O)O. The lowest BCUT2D eigenvalue weighted by Crippen LogP contribution is -2.44. The van der Waals surface area contributed by atoms with Crippen molar-refractivity contribution >= 4 is 7.60 Å². The van der Waals surface area contributed by atoms with E-state index in [1.165, 1.54) is 12.8 Å². The van der Waals surface area contributed by atoms with Gasteiger partial charge in [0.2, 0.25) is 0 Å². The van der Waals surface area contributed by atoms with E-state index in [9.17, 15) is 14.4 Å². The predicted molar refractivity (Wildman–Crippen MR) is 67.5 cm³/mol. The highest BCUT2D eigenvalue weighted by atomic mass is 31.2. The second-order valence-corrected chi connectivity index (χ2v) is 6.86. The first-order valence-corrected chi connectivity index (χ1v) is 7.69. The van der Waals surface area contributed by atoms with Crippen molar-refractivity contribution in [3.63, 3.8) is 0 Å². The van der Waals surface area contributed by atoms with Gasteiger partial charge in [-0.1, -0.05) is 33.1 Å². The average molecular weight is 251 g/mol. The van der Waals surface area contributed by atoms with Crippen molar-refractivity contribution in [3.8, 4) is 0 Å². The lowest BCUT2D eigenvalue weighted by molar-refractivity contribution is 0.158. The van der Waals surface area contributed by atoms with Crippen LogP contribution in [0, 0.1) is 0 Å². The summed E-state index contributed by atoms with van der Waals surface area (Å²) in [5, 5.41) is -1.05. The van der Waals surface area contributed by atoms with Gasteiger partial charge >= 0.3 is 7.60 Å². The summed E-state index contributed by atoms with van der Waals surface area (Å²) in [5.41, 5.74) is 0. The summed E-state index contributed by atoms with van der Waals surface area (Å²) in [6, 6.07) is 0. The molecule has 0 aliphatic carbocycles. The standard InChI is InChI=1S/C11H26NO3P/c1-5-7-8-9-10-12(6-2)11(3,4)16(13,14)15/h5-10H2,1-4H3,(H2,13,14,15). The summed E-state index contributed by atoms with van der Waals surface area (Å²) in [5.74, 6) is 0. The Morgan fingerprint density at radius 2 is 1.69 bits per heavy atom. The fraction of sp³-hybridized carbons (Fsp3) is 1.00. The summed E-state index contributed by atoms with van der Waals surface area (Å²) in [6.07, 6.45) is 4.50. The van der Waals surface area contributed by atoms with Gasteiger partial charge in [0, 0.05) is 0 Å². The molecule has 0 aromatic heterocycles. The first-order valence-electron chi connectivity index (χ1n) is 6.08. The smallest absolute Gasteiger partial charge is 0.323 e. The monoisotopic (exact) mass is 251 g/mol. The van der Waals surface area contributed by atoms with Crippen LogP contribution in [0.5, 0.6) is 0 Å². The van der Waals surface area contributed by atoms with Gasteiger partial charge in [-0.15, -0.1) is 0 Å².